The van der Waals surface area contributed by atoms with Gasteiger partial charge in [0.25, 0.3) is 0 Å². The number of aliphatic hydroxyl groups is 1. The first-order chi connectivity index (χ1) is 8.60. The van der Waals surface area contributed by atoms with Gasteiger partial charge in [0.2, 0.25) is 0 Å². The molecule has 1 saturated heterocycles. The van der Waals surface area contributed by atoms with E-state index in [4.69, 9.17) is 5.73 Å². The Kier molecular flexibility index (Phi) is 5.46. The van der Waals surface area contributed by atoms with Crippen molar-refractivity contribution in [3.63, 3.8) is 0 Å². The van der Waals surface area contributed by atoms with Gasteiger partial charge in [0.15, 0.2) is 5.69 Å². The third-order valence-corrected chi connectivity index (χ3v) is 2.82. The normalized spacial score (nSPS) is 22.6. The number of anilines is 1. The fourth-order valence-corrected chi connectivity index (χ4v) is 1.99. The first-order valence-electron chi connectivity index (χ1n) is 5.69. The Bertz CT molecular complexity index is 418. The standard InChI is InChI=1S/C11H16N4O3.ClH/c1-18-11(17)9-3-14-10(4-13-9)15-5-7(12)2-8(16)6-15;/h3-4,7-8,16H,2,5-6,12H2,1H3;1H/t7-,8+;/m0./s1. The van der Waals surface area contributed by atoms with Crippen molar-refractivity contribution < 1.29 is 14.6 Å². The summed E-state index contributed by atoms with van der Waals surface area (Å²) in [5.41, 5.74) is 5.98. The number of esters is 1. The Morgan fingerprint density at radius 2 is 2.21 bits per heavy atom. The zero-order valence-corrected chi connectivity index (χ0v) is 11.3. The highest BCUT2D eigenvalue weighted by Crippen LogP contribution is 2.16. The average Bonchev–Trinajstić information content (AvgIpc) is 2.37. The van der Waals surface area contributed by atoms with E-state index in [0.717, 1.165) is 0 Å². The molecule has 106 valence electrons. The molecule has 1 aliphatic rings. The molecule has 2 atom stereocenters. The summed E-state index contributed by atoms with van der Waals surface area (Å²) in [6.07, 6.45) is 2.96. The lowest BCUT2D eigenvalue weighted by molar-refractivity contribution is 0.0593. The summed E-state index contributed by atoms with van der Waals surface area (Å²) >= 11 is 0. The predicted octanol–water partition coefficient (Wildman–Crippen LogP) is -0.417. The van der Waals surface area contributed by atoms with E-state index in [9.17, 15) is 9.90 Å². The lowest BCUT2D eigenvalue weighted by atomic mass is 10.0. The molecule has 0 aromatic carbocycles. The second-order valence-corrected chi connectivity index (χ2v) is 4.31. The number of hydrogen-bond donors (Lipinski definition) is 2. The number of ether oxygens (including phenoxy) is 1. The number of aliphatic hydroxyl groups excluding tert-OH is 1. The van der Waals surface area contributed by atoms with Crippen molar-refractivity contribution in [3.8, 4) is 0 Å². The topological polar surface area (TPSA) is 102 Å². The largest absolute Gasteiger partial charge is 0.464 e. The van der Waals surface area contributed by atoms with Gasteiger partial charge in [0.05, 0.1) is 25.6 Å². The number of halogens is 1. The fourth-order valence-electron chi connectivity index (χ4n) is 1.99. The van der Waals surface area contributed by atoms with Crippen LogP contribution >= 0.6 is 12.4 Å². The lowest BCUT2D eigenvalue weighted by Gasteiger charge is -2.34. The van der Waals surface area contributed by atoms with Gasteiger partial charge in [-0.1, -0.05) is 0 Å². The van der Waals surface area contributed by atoms with Crippen LogP contribution in [0.2, 0.25) is 0 Å². The Labute approximate surface area is 117 Å². The summed E-state index contributed by atoms with van der Waals surface area (Å²) in [6, 6.07) is -0.0872. The zero-order chi connectivity index (χ0) is 13.1. The number of aromatic nitrogens is 2. The smallest absolute Gasteiger partial charge is 0.358 e. The highest BCUT2D eigenvalue weighted by atomic mass is 35.5. The molecule has 0 amide bonds. The van der Waals surface area contributed by atoms with E-state index in [1.807, 2.05) is 4.90 Å². The summed E-state index contributed by atoms with van der Waals surface area (Å²) < 4.78 is 4.54. The minimum absolute atomic E-state index is 0. The van der Waals surface area contributed by atoms with Crippen LogP contribution in [0, 0.1) is 0 Å². The maximum absolute atomic E-state index is 11.2. The Morgan fingerprint density at radius 1 is 1.47 bits per heavy atom. The molecular weight excluding hydrogens is 272 g/mol. The molecule has 3 N–H and O–H groups in total. The third-order valence-electron chi connectivity index (χ3n) is 2.82. The van der Waals surface area contributed by atoms with E-state index in [2.05, 4.69) is 14.7 Å². The van der Waals surface area contributed by atoms with Crippen molar-refractivity contribution in [2.24, 2.45) is 5.73 Å². The maximum atomic E-state index is 11.2. The first kappa shape index (κ1) is 15.6. The first-order valence-corrected chi connectivity index (χ1v) is 5.69. The van der Waals surface area contributed by atoms with E-state index in [1.165, 1.54) is 19.5 Å². The summed E-state index contributed by atoms with van der Waals surface area (Å²) in [7, 11) is 1.29. The van der Waals surface area contributed by atoms with Crippen LogP contribution in [0.15, 0.2) is 12.4 Å². The second-order valence-electron chi connectivity index (χ2n) is 4.31. The molecule has 0 radical (unpaired) electrons. The van der Waals surface area contributed by atoms with Gasteiger partial charge >= 0.3 is 5.97 Å². The average molecular weight is 289 g/mol. The minimum atomic E-state index is -0.524. The predicted molar refractivity (Wildman–Crippen MR) is 71.4 cm³/mol. The molecule has 2 rings (SSSR count). The highest BCUT2D eigenvalue weighted by molar-refractivity contribution is 5.86. The van der Waals surface area contributed by atoms with Gasteiger partial charge in [-0.3, -0.25) is 0 Å². The van der Waals surface area contributed by atoms with Gasteiger partial charge in [-0.15, -0.1) is 12.4 Å². The van der Waals surface area contributed by atoms with Gasteiger partial charge in [-0.05, 0) is 6.42 Å². The van der Waals surface area contributed by atoms with Crippen LogP contribution in [0.4, 0.5) is 5.82 Å². The summed E-state index contributed by atoms with van der Waals surface area (Å²) in [4.78, 5) is 21.2. The van der Waals surface area contributed by atoms with Gasteiger partial charge in [-0.2, -0.15) is 0 Å². The van der Waals surface area contributed by atoms with E-state index in [1.54, 1.807) is 0 Å². The van der Waals surface area contributed by atoms with Crippen LogP contribution in [0.25, 0.3) is 0 Å². The summed E-state index contributed by atoms with van der Waals surface area (Å²) in [5.74, 6) is 0.0706. The Morgan fingerprint density at radius 3 is 2.74 bits per heavy atom. The van der Waals surface area contributed by atoms with E-state index >= 15 is 0 Å². The van der Waals surface area contributed by atoms with E-state index in [-0.39, 0.29) is 24.1 Å². The molecule has 1 fully saturated rings. The Hall–Kier alpha value is -1.44. The van der Waals surface area contributed by atoms with Crippen LogP contribution in [0.5, 0.6) is 0 Å². The van der Waals surface area contributed by atoms with E-state index in [0.29, 0.717) is 25.3 Å². The molecule has 1 aliphatic heterocycles. The number of nitrogens with two attached hydrogens (primary N) is 1. The molecule has 1 aromatic heterocycles. The number of methoxy groups -OCH3 is 1. The van der Waals surface area contributed by atoms with Gasteiger partial charge in [-0.25, -0.2) is 14.8 Å². The maximum Gasteiger partial charge on any atom is 0.358 e. The van der Waals surface area contributed by atoms with Gasteiger partial charge in [0.1, 0.15) is 5.82 Å². The zero-order valence-electron chi connectivity index (χ0n) is 10.5. The minimum Gasteiger partial charge on any atom is -0.464 e. The molecule has 0 spiro atoms. The Balaban J connectivity index is 0.00000180. The number of β-amino-alcohol motifs (C(OH)–C–C–N with tert-alkyl or cyclic N) is 1. The van der Waals surface area contributed by atoms with Crippen LogP contribution in [0.1, 0.15) is 16.9 Å². The number of rotatable bonds is 2. The summed E-state index contributed by atoms with van der Waals surface area (Å²) in [5, 5.41) is 9.65. The number of nitrogens with zero attached hydrogens (tertiary/aromatic N) is 3. The molecule has 1 aromatic rings. The highest BCUT2D eigenvalue weighted by Gasteiger charge is 2.24. The van der Waals surface area contributed by atoms with Crippen molar-refractivity contribution >= 4 is 24.2 Å². The molecule has 19 heavy (non-hydrogen) atoms. The molecule has 8 heteroatoms. The van der Waals surface area contributed by atoms with Crippen LogP contribution in [-0.4, -0.2) is 53.4 Å². The van der Waals surface area contributed by atoms with Crippen LogP contribution in [0.3, 0.4) is 0 Å². The van der Waals surface area contributed by atoms with Gasteiger partial charge < -0.3 is 20.5 Å². The number of hydrogen-bond acceptors (Lipinski definition) is 7. The molecule has 0 bridgehead atoms. The van der Waals surface area contributed by atoms with Gasteiger partial charge in [0, 0.05) is 19.1 Å². The van der Waals surface area contributed by atoms with Crippen LogP contribution in [-0.2, 0) is 4.74 Å². The van der Waals surface area contributed by atoms with Crippen molar-refractivity contribution in [1.82, 2.24) is 9.97 Å². The SMILES string of the molecule is COC(=O)c1cnc(N2C[C@@H](N)C[C@@H](O)C2)cn1.Cl. The molecule has 2 heterocycles. The van der Waals surface area contributed by atoms with Crippen molar-refractivity contribution in [1.29, 1.82) is 0 Å². The van der Waals surface area contributed by atoms with Crippen molar-refractivity contribution in [2.75, 3.05) is 25.1 Å². The molecule has 0 unspecified atom stereocenters. The fraction of sp³-hybridized carbons (Fsp3) is 0.545. The molecule has 7 nitrogen and oxygen atoms in total. The molecular formula is C11H17ClN4O3. The third kappa shape index (κ3) is 3.76. The number of carbonyl (C=O) groups excluding carboxylic acids is 1. The summed E-state index contributed by atoms with van der Waals surface area (Å²) in [6.45, 7) is 1.09. The monoisotopic (exact) mass is 288 g/mol. The molecule has 0 aliphatic carbocycles. The van der Waals surface area contributed by atoms with Crippen LogP contribution < -0.4 is 10.6 Å². The lowest BCUT2D eigenvalue weighted by Crippen LogP contribution is -2.49. The number of carbonyl (C=O) groups is 1. The molecule has 0 saturated carbocycles. The quantitative estimate of drug-likeness (QED) is 0.713. The van der Waals surface area contributed by atoms with Crippen molar-refractivity contribution in [3.05, 3.63) is 18.1 Å². The number of piperidine rings is 1. The van der Waals surface area contributed by atoms with E-state index < -0.39 is 12.1 Å². The second kappa shape index (κ2) is 6.65. The van der Waals surface area contributed by atoms with Crippen molar-refractivity contribution in [2.45, 2.75) is 18.6 Å².